The van der Waals surface area contributed by atoms with Crippen molar-refractivity contribution in [3.8, 4) is 0 Å². The van der Waals surface area contributed by atoms with Crippen LogP contribution in [0.25, 0.3) is 0 Å². The fourth-order valence-electron chi connectivity index (χ4n) is 7.26. The summed E-state index contributed by atoms with van der Waals surface area (Å²) in [6, 6.07) is 2.84. The Kier molecular flexibility index (Phi) is 9.82. The average Bonchev–Trinajstić information content (AvgIpc) is 3.90. The molecule has 0 unspecified atom stereocenters. The van der Waals surface area contributed by atoms with Gasteiger partial charge in [0.2, 0.25) is 21.8 Å². The Balaban J connectivity index is 1.14. The van der Waals surface area contributed by atoms with E-state index in [0.29, 0.717) is 35.5 Å². The van der Waals surface area contributed by atoms with Gasteiger partial charge in [0.15, 0.2) is 5.13 Å². The summed E-state index contributed by atoms with van der Waals surface area (Å²) in [6.45, 7) is 2.15. The molecule has 3 aliphatic heterocycles. The molecule has 2 saturated carbocycles. The van der Waals surface area contributed by atoms with Gasteiger partial charge >= 0.3 is 6.09 Å². The van der Waals surface area contributed by atoms with Gasteiger partial charge in [0.05, 0.1) is 18.3 Å². The lowest BCUT2D eigenvalue weighted by Gasteiger charge is -2.29. The zero-order valence-electron chi connectivity index (χ0n) is 28.4. The van der Waals surface area contributed by atoms with Crippen LogP contribution in [0.5, 0.6) is 0 Å². The molecule has 1 aromatic heterocycles. The Hall–Kier alpha value is -4.05. The van der Waals surface area contributed by atoms with Gasteiger partial charge in [-0.2, -0.15) is 0 Å². The van der Waals surface area contributed by atoms with Crippen molar-refractivity contribution in [1.29, 1.82) is 0 Å². The zero-order valence-corrected chi connectivity index (χ0v) is 30.1. The number of rotatable bonds is 7. The minimum Gasteiger partial charge on any atom is -0.444 e. The molecule has 5 aliphatic rings. The van der Waals surface area contributed by atoms with E-state index in [4.69, 9.17) is 4.74 Å². The van der Waals surface area contributed by atoms with Gasteiger partial charge in [0.25, 0.3) is 5.91 Å². The highest BCUT2D eigenvalue weighted by Gasteiger charge is 2.62. The van der Waals surface area contributed by atoms with Gasteiger partial charge in [0.1, 0.15) is 29.5 Å². The summed E-state index contributed by atoms with van der Waals surface area (Å²) in [5.41, 5.74) is -0.395. The molecule has 0 bridgehead atoms. The molecular weight excluding hydrogens is 700 g/mol. The summed E-state index contributed by atoms with van der Waals surface area (Å²) in [4.78, 5) is 63.9. The maximum atomic E-state index is 14.4. The second-order valence-corrected chi connectivity index (χ2v) is 17.3. The van der Waals surface area contributed by atoms with Crippen LogP contribution in [0, 0.1) is 11.7 Å². The van der Waals surface area contributed by atoms with Gasteiger partial charge in [-0.25, -0.2) is 22.6 Å². The lowest BCUT2D eigenvalue weighted by molar-refractivity contribution is -0.140. The third kappa shape index (κ3) is 7.48. The molecule has 51 heavy (non-hydrogen) atoms. The number of aryl methyl sites for hydroxylation is 1. The molecule has 1 aromatic carbocycles. The molecule has 4 heterocycles. The van der Waals surface area contributed by atoms with Crippen LogP contribution in [-0.4, -0.2) is 82.5 Å². The molecule has 13 nitrogen and oxygen atoms in total. The number of halogens is 1. The van der Waals surface area contributed by atoms with Crippen LogP contribution in [0.1, 0.15) is 80.7 Å². The number of carbonyl (C=O) groups is 4. The van der Waals surface area contributed by atoms with Crippen molar-refractivity contribution in [3.63, 3.8) is 0 Å². The van der Waals surface area contributed by atoms with Crippen molar-refractivity contribution in [1.82, 2.24) is 24.8 Å². The normalized spacial score (nSPS) is 28.7. The Labute approximate surface area is 300 Å². The number of nitrogens with zero attached hydrogens (tertiary/aromatic N) is 3. The van der Waals surface area contributed by atoms with Crippen LogP contribution >= 0.6 is 11.3 Å². The Morgan fingerprint density at radius 1 is 1.16 bits per heavy atom. The maximum Gasteiger partial charge on any atom is 0.410 e. The van der Waals surface area contributed by atoms with E-state index in [0.717, 1.165) is 37.0 Å². The summed E-state index contributed by atoms with van der Waals surface area (Å²) in [5, 5.41) is 6.10. The number of amides is 4. The number of allylic oxidation sites excluding steroid dienone is 1. The van der Waals surface area contributed by atoms with Crippen LogP contribution < -0.4 is 15.4 Å². The maximum absolute atomic E-state index is 14.4. The number of aromatic nitrogens is 1. The number of sulfonamides is 1. The molecular formula is C35H43FN6O7S2. The molecule has 3 N–H and O–H groups in total. The molecule has 0 spiro atoms. The van der Waals surface area contributed by atoms with Gasteiger partial charge in [-0.05, 0) is 56.6 Å². The quantitative estimate of drug-likeness (QED) is 0.358. The molecule has 2 aromatic rings. The fourth-order valence-corrected chi connectivity index (χ4v) is 9.43. The van der Waals surface area contributed by atoms with E-state index in [2.05, 4.69) is 20.3 Å². The predicted octanol–water partition coefficient (Wildman–Crippen LogP) is 3.75. The van der Waals surface area contributed by atoms with Gasteiger partial charge < -0.3 is 20.3 Å². The minimum absolute atomic E-state index is 0.0377. The number of nitrogens with one attached hydrogen (secondary N) is 3. The van der Waals surface area contributed by atoms with E-state index in [1.54, 1.807) is 18.3 Å². The zero-order chi connectivity index (χ0) is 35.9. The van der Waals surface area contributed by atoms with Gasteiger partial charge in [-0.3, -0.25) is 24.0 Å². The van der Waals surface area contributed by atoms with Crippen LogP contribution in [-0.2, 0) is 48.7 Å². The van der Waals surface area contributed by atoms with Crippen molar-refractivity contribution < 1.29 is 36.7 Å². The van der Waals surface area contributed by atoms with Crippen molar-refractivity contribution in [2.75, 3.05) is 11.9 Å². The third-order valence-electron chi connectivity index (χ3n) is 10.5. The monoisotopic (exact) mass is 742 g/mol. The highest BCUT2D eigenvalue weighted by atomic mass is 32.2. The van der Waals surface area contributed by atoms with Crippen LogP contribution in [0.15, 0.2) is 36.5 Å². The van der Waals surface area contributed by atoms with Crippen molar-refractivity contribution in [2.24, 2.45) is 5.92 Å². The van der Waals surface area contributed by atoms with Crippen LogP contribution in [0.3, 0.4) is 0 Å². The highest BCUT2D eigenvalue weighted by molar-refractivity contribution is 7.91. The summed E-state index contributed by atoms with van der Waals surface area (Å²) in [5.74, 6) is -2.63. The first-order valence-corrected chi connectivity index (χ1v) is 20.1. The summed E-state index contributed by atoms with van der Waals surface area (Å²) >= 11 is 1.45. The number of fused-ring (bicyclic) bond motifs is 3. The SMILES string of the molecule is CCc1cnc(N[C@H]2CCCCC/C=C\[C@H]3C[C@@]3(C(=O)NS(=O)(=O)C3CC3)NC(=O)[C@@H]3C[C@@H](OC(=O)N4Cc5cccc(F)c5C4)CN3C2=O)s1. The largest absolute Gasteiger partial charge is 0.444 e. The number of hydrogen-bond donors (Lipinski definition) is 3. The second kappa shape index (κ2) is 14.2. The highest BCUT2D eigenvalue weighted by Crippen LogP contribution is 2.46. The van der Waals surface area contributed by atoms with Crippen molar-refractivity contribution in [3.05, 3.63) is 58.4 Å². The number of ether oxygens (including phenoxy) is 1. The third-order valence-corrected chi connectivity index (χ3v) is 13.4. The first-order chi connectivity index (χ1) is 24.5. The second-order valence-electron chi connectivity index (χ2n) is 14.2. The molecule has 274 valence electrons. The van der Waals surface area contributed by atoms with Crippen molar-refractivity contribution >= 4 is 50.3 Å². The van der Waals surface area contributed by atoms with E-state index in [9.17, 15) is 32.0 Å². The smallest absolute Gasteiger partial charge is 0.410 e. The number of benzene rings is 1. The predicted molar refractivity (Wildman–Crippen MR) is 186 cm³/mol. The standard InChI is InChI=1S/C35H43FN6O7S2/c1-2-24-17-37-33(50-24)38-28-12-7-5-3-4-6-10-22-16-35(22,32(45)40-51(47,48)25-13-14-25)39-30(43)29-15-23(19-42(29)31(28)44)49-34(46)41-18-21-9-8-11-27(36)26(21)20-41/h6,8-11,17,22-23,25,28-29H,2-5,7,12-16,18-20H2,1H3,(H,37,38)(H,39,43)(H,40,45)/b10-6-/t22-,23+,28-,29-,35+/m0/s1. The topological polar surface area (TPSA) is 167 Å². The Morgan fingerprint density at radius 2 is 1.98 bits per heavy atom. The molecule has 0 radical (unpaired) electrons. The number of carbonyl (C=O) groups excluding carboxylic acids is 4. The molecule has 5 atom stereocenters. The van der Waals surface area contributed by atoms with Gasteiger partial charge in [0, 0.05) is 35.5 Å². The average molecular weight is 743 g/mol. The van der Waals surface area contributed by atoms with E-state index < -0.39 is 68.6 Å². The number of anilines is 1. The number of hydrogen-bond acceptors (Lipinski definition) is 10. The molecule has 7 rings (SSSR count). The molecule has 4 amide bonds. The lowest BCUT2D eigenvalue weighted by atomic mass is 10.1. The molecule has 1 saturated heterocycles. The van der Waals surface area contributed by atoms with Crippen LogP contribution in [0.4, 0.5) is 14.3 Å². The van der Waals surface area contributed by atoms with E-state index in [1.165, 1.54) is 27.2 Å². The minimum atomic E-state index is -3.89. The summed E-state index contributed by atoms with van der Waals surface area (Å²) in [7, 11) is -3.89. The van der Waals surface area contributed by atoms with Crippen LogP contribution in [0.2, 0.25) is 0 Å². The number of thiazole rings is 1. The fraction of sp³-hybridized carbons (Fsp3) is 0.571. The molecule has 3 fully saturated rings. The summed E-state index contributed by atoms with van der Waals surface area (Å²) < 4.78 is 48.0. The van der Waals surface area contributed by atoms with Gasteiger partial charge in [-0.15, -0.1) is 11.3 Å². The van der Waals surface area contributed by atoms with Crippen molar-refractivity contribution in [2.45, 2.75) is 113 Å². The Morgan fingerprint density at radius 3 is 2.73 bits per heavy atom. The van der Waals surface area contributed by atoms with Gasteiger partial charge in [-0.1, -0.05) is 44.1 Å². The first kappa shape index (κ1) is 35.4. The molecule has 16 heteroatoms. The summed E-state index contributed by atoms with van der Waals surface area (Å²) in [6.07, 6.45) is 9.55. The lowest BCUT2D eigenvalue weighted by Crippen LogP contribution is -2.57. The van der Waals surface area contributed by atoms with E-state index >= 15 is 0 Å². The molecule has 2 aliphatic carbocycles. The Bertz CT molecular complexity index is 1850. The first-order valence-electron chi connectivity index (χ1n) is 17.8. The van der Waals surface area contributed by atoms with E-state index in [1.807, 2.05) is 19.1 Å². The van der Waals surface area contributed by atoms with E-state index in [-0.39, 0.29) is 38.4 Å².